The van der Waals surface area contributed by atoms with E-state index in [4.69, 9.17) is 0 Å². The Labute approximate surface area is 170 Å². The Morgan fingerprint density at radius 3 is 2.03 bits per heavy atom. The Hall–Kier alpha value is -2.76. The van der Waals surface area contributed by atoms with Crippen molar-refractivity contribution in [2.75, 3.05) is 18.0 Å². The maximum absolute atomic E-state index is 14.7. The van der Waals surface area contributed by atoms with E-state index in [9.17, 15) is 23.5 Å². The summed E-state index contributed by atoms with van der Waals surface area (Å²) in [5.74, 6) is -3.06. The molecule has 0 spiro atoms. The summed E-state index contributed by atoms with van der Waals surface area (Å²) in [6, 6.07) is 4.93. The first-order valence-electron chi connectivity index (χ1n) is 9.91. The number of carbonyl (C=O) groups is 2. The number of hydrogen-bond acceptors (Lipinski definition) is 3. The summed E-state index contributed by atoms with van der Waals surface area (Å²) in [5, 5.41) is 10.1. The molecule has 0 amide bonds. The van der Waals surface area contributed by atoms with Crippen LogP contribution in [-0.2, 0) is 6.42 Å². The van der Waals surface area contributed by atoms with Gasteiger partial charge in [0.25, 0.3) is 0 Å². The van der Waals surface area contributed by atoms with Crippen molar-refractivity contribution in [3.63, 3.8) is 0 Å². The molecule has 6 heteroatoms. The summed E-state index contributed by atoms with van der Waals surface area (Å²) in [5.41, 5.74) is 1.37. The molecule has 0 aliphatic heterocycles. The van der Waals surface area contributed by atoms with Crippen LogP contribution in [-0.4, -0.2) is 29.9 Å². The van der Waals surface area contributed by atoms with Crippen molar-refractivity contribution in [3.05, 3.63) is 52.6 Å². The highest BCUT2D eigenvalue weighted by Gasteiger charge is 2.29. The van der Waals surface area contributed by atoms with Gasteiger partial charge in [-0.2, -0.15) is 0 Å². The molecule has 0 aliphatic carbocycles. The largest absolute Gasteiger partial charge is 0.478 e. The third-order valence-electron chi connectivity index (χ3n) is 4.85. The Balaban J connectivity index is 3.02. The molecule has 0 aliphatic rings. The fourth-order valence-corrected chi connectivity index (χ4v) is 3.73. The van der Waals surface area contributed by atoms with Crippen molar-refractivity contribution >= 4 is 17.4 Å². The van der Waals surface area contributed by atoms with E-state index in [1.54, 1.807) is 6.07 Å². The number of anilines is 1. The lowest BCUT2D eigenvalue weighted by Crippen LogP contribution is -2.29. The Morgan fingerprint density at radius 2 is 1.59 bits per heavy atom. The molecule has 2 aromatic rings. The molecule has 2 aromatic carbocycles. The molecule has 0 unspecified atom stereocenters. The zero-order valence-corrected chi connectivity index (χ0v) is 17.3. The normalized spacial score (nSPS) is 10.8. The van der Waals surface area contributed by atoms with E-state index in [2.05, 4.69) is 0 Å². The van der Waals surface area contributed by atoms with Crippen molar-refractivity contribution < 1.29 is 23.5 Å². The molecule has 156 valence electrons. The highest BCUT2D eigenvalue weighted by Crippen LogP contribution is 2.40. The van der Waals surface area contributed by atoms with Crippen molar-refractivity contribution in [1.29, 1.82) is 0 Å². The average molecular weight is 403 g/mol. The number of carboxylic acid groups (broad SMARTS) is 1. The summed E-state index contributed by atoms with van der Waals surface area (Å²) < 4.78 is 28.2. The number of aromatic carboxylic acids is 1. The van der Waals surface area contributed by atoms with Crippen molar-refractivity contribution in [1.82, 2.24) is 0 Å². The van der Waals surface area contributed by atoms with E-state index in [0.29, 0.717) is 36.3 Å². The summed E-state index contributed by atoms with van der Waals surface area (Å²) in [6.07, 6.45) is 1.90. The van der Waals surface area contributed by atoms with Gasteiger partial charge in [-0.1, -0.05) is 20.8 Å². The van der Waals surface area contributed by atoms with Crippen molar-refractivity contribution in [2.24, 2.45) is 0 Å². The van der Waals surface area contributed by atoms with Gasteiger partial charge in [-0.05, 0) is 49.9 Å². The van der Waals surface area contributed by atoms with Gasteiger partial charge in [-0.25, -0.2) is 13.6 Å². The van der Waals surface area contributed by atoms with Crippen LogP contribution < -0.4 is 4.90 Å². The molecule has 2 rings (SSSR count). The van der Waals surface area contributed by atoms with Gasteiger partial charge in [0.05, 0.1) is 11.3 Å². The first kappa shape index (κ1) is 22.5. The molecule has 0 radical (unpaired) electrons. The number of aryl methyl sites for hydroxylation is 1. The minimum atomic E-state index is -1.23. The molecular weight excluding hydrogens is 376 g/mol. The van der Waals surface area contributed by atoms with E-state index >= 15 is 0 Å². The molecule has 0 fully saturated rings. The predicted octanol–water partition coefficient (Wildman–Crippen LogP) is 5.72. The van der Waals surface area contributed by atoms with Crippen LogP contribution >= 0.6 is 0 Å². The molecule has 0 bridgehead atoms. The van der Waals surface area contributed by atoms with E-state index in [0.717, 1.165) is 25.0 Å². The molecule has 29 heavy (non-hydrogen) atoms. The zero-order chi connectivity index (χ0) is 21.7. The number of hydrogen-bond donors (Lipinski definition) is 1. The SMILES string of the molecule is CCCN(CCC)c1c(-c2ccc(F)cc2F)cc(CC)c(C(C)=O)c1C(=O)O. The summed E-state index contributed by atoms with van der Waals surface area (Å²) >= 11 is 0. The molecular formula is C23H27F2NO3. The fraction of sp³-hybridized carbons (Fsp3) is 0.391. The van der Waals surface area contributed by atoms with E-state index in [-0.39, 0.29) is 22.5 Å². The van der Waals surface area contributed by atoms with E-state index in [1.807, 2.05) is 25.7 Å². The first-order chi connectivity index (χ1) is 13.8. The first-order valence-corrected chi connectivity index (χ1v) is 9.91. The third kappa shape index (κ3) is 4.63. The average Bonchev–Trinajstić information content (AvgIpc) is 2.66. The van der Waals surface area contributed by atoms with Crippen molar-refractivity contribution in [3.8, 4) is 11.1 Å². The lowest BCUT2D eigenvalue weighted by atomic mass is 9.88. The van der Waals surface area contributed by atoms with Gasteiger partial charge in [-0.3, -0.25) is 4.79 Å². The molecule has 0 aromatic heterocycles. The summed E-state index contributed by atoms with van der Waals surface area (Å²) in [4.78, 5) is 26.6. The number of carbonyl (C=O) groups excluding carboxylic acids is 1. The standard InChI is InChI=1S/C23H27F2NO3/c1-5-10-26(11-6-2)22-18(17-9-8-16(24)13-19(17)25)12-15(7-3)20(14(4)27)21(22)23(28)29/h8-9,12-13H,5-7,10-11H2,1-4H3,(H,28,29). The Kier molecular flexibility index (Phi) is 7.48. The quantitative estimate of drug-likeness (QED) is 0.544. The van der Waals surface area contributed by atoms with Crippen LogP contribution in [0.2, 0.25) is 0 Å². The highest BCUT2D eigenvalue weighted by atomic mass is 19.1. The highest BCUT2D eigenvalue weighted by molar-refractivity contribution is 6.12. The maximum Gasteiger partial charge on any atom is 0.338 e. The van der Waals surface area contributed by atoms with Crippen LogP contribution in [0.15, 0.2) is 24.3 Å². The van der Waals surface area contributed by atoms with Crippen LogP contribution in [0.4, 0.5) is 14.5 Å². The van der Waals surface area contributed by atoms with Crippen LogP contribution in [0.5, 0.6) is 0 Å². The molecule has 1 N–H and O–H groups in total. The van der Waals surface area contributed by atoms with Gasteiger partial charge in [0.2, 0.25) is 0 Å². The Bertz CT molecular complexity index is 919. The minimum absolute atomic E-state index is 0.113. The topological polar surface area (TPSA) is 57.6 Å². The van der Waals surface area contributed by atoms with Crippen LogP contribution in [0.25, 0.3) is 11.1 Å². The third-order valence-corrected chi connectivity index (χ3v) is 4.85. The minimum Gasteiger partial charge on any atom is -0.478 e. The van der Waals surface area contributed by atoms with Gasteiger partial charge >= 0.3 is 5.97 Å². The second-order valence-electron chi connectivity index (χ2n) is 7.01. The predicted molar refractivity (Wildman–Crippen MR) is 111 cm³/mol. The molecule has 0 heterocycles. The van der Waals surface area contributed by atoms with Gasteiger partial charge in [0, 0.05) is 35.8 Å². The number of nitrogens with zero attached hydrogens (tertiary/aromatic N) is 1. The number of rotatable bonds is 9. The second kappa shape index (κ2) is 9.63. The number of Topliss-reactive ketones (excluding diaryl/α,β-unsaturated/α-hetero) is 1. The van der Waals surface area contributed by atoms with Crippen LogP contribution in [0.1, 0.15) is 66.8 Å². The number of ketones is 1. The Morgan fingerprint density at radius 1 is 0.966 bits per heavy atom. The van der Waals surface area contributed by atoms with Gasteiger partial charge < -0.3 is 10.0 Å². The van der Waals surface area contributed by atoms with Gasteiger partial charge in [0.15, 0.2) is 5.78 Å². The fourth-order valence-electron chi connectivity index (χ4n) is 3.73. The second-order valence-corrected chi connectivity index (χ2v) is 7.01. The number of benzene rings is 2. The van der Waals surface area contributed by atoms with Gasteiger partial charge in [0.1, 0.15) is 11.6 Å². The number of carboxylic acids is 1. The summed E-state index contributed by atoms with van der Waals surface area (Å²) in [6.45, 7) is 8.18. The summed E-state index contributed by atoms with van der Waals surface area (Å²) in [7, 11) is 0. The van der Waals surface area contributed by atoms with Crippen LogP contribution in [0, 0.1) is 11.6 Å². The molecule has 0 saturated carbocycles. The molecule has 0 saturated heterocycles. The van der Waals surface area contributed by atoms with Gasteiger partial charge in [-0.15, -0.1) is 0 Å². The lowest BCUT2D eigenvalue weighted by Gasteiger charge is -2.30. The van der Waals surface area contributed by atoms with Crippen molar-refractivity contribution in [2.45, 2.75) is 47.0 Å². The number of halogens is 2. The smallest absolute Gasteiger partial charge is 0.338 e. The zero-order valence-electron chi connectivity index (χ0n) is 17.3. The van der Waals surface area contributed by atoms with Crippen LogP contribution in [0.3, 0.4) is 0 Å². The van der Waals surface area contributed by atoms with E-state index < -0.39 is 17.6 Å². The lowest BCUT2D eigenvalue weighted by molar-refractivity contribution is 0.0692. The molecule has 0 atom stereocenters. The maximum atomic E-state index is 14.7. The monoisotopic (exact) mass is 403 g/mol. The van der Waals surface area contributed by atoms with E-state index in [1.165, 1.54) is 13.0 Å². The molecule has 4 nitrogen and oxygen atoms in total.